The molecule has 0 fully saturated rings. The van der Waals surface area contributed by atoms with E-state index in [0.29, 0.717) is 5.69 Å². The first kappa shape index (κ1) is 13.0. The molecule has 1 N–H and O–H groups in total. The second-order valence-electron chi connectivity index (χ2n) is 3.99. The SMILES string of the molecule is CC(c1cccs1)N(C)c1nc(CC(=O)O)cs1. The first-order chi connectivity index (χ1) is 8.58. The molecule has 2 aromatic heterocycles. The van der Waals surface area contributed by atoms with Crippen molar-refractivity contribution in [3.05, 3.63) is 33.5 Å². The summed E-state index contributed by atoms with van der Waals surface area (Å²) in [7, 11) is 1.98. The first-order valence-electron chi connectivity index (χ1n) is 5.50. The summed E-state index contributed by atoms with van der Waals surface area (Å²) in [5.41, 5.74) is 0.618. The van der Waals surface area contributed by atoms with E-state index in [4.69, 9.17) is 5.11 Å². The van der Waals surface area contributed by atoms with Gasteiger partial charge in [-0.3, -0.25) is 4.79 Å². The van der Waals surface area contributed by atoms with Crippen molar-refractivity contribution in [3.63, 3.8) is 0 Å². The molecule has 2 aromatic rings. The van der Waals surface area contributed by atoms with Crippen LogP contribution in [-0.4, -0.2) is 23.1 Å². The van der Waals surface area contributed by atoms with E-state index in [0.717, 1.165) is 5.13 Å². The predicted octanol–water partition coefficient (Wildman–Crippen LogP) is 3.03. The van der Waals surface area contributed by atoms with E-state index in [1.54, 1.807) is 16.7 Å². The lowest BCUT2D eigenvalue weighted by atomic mass is 10.2. The van der Waals surface area contributed by atoms with Crippen LogP contribution in [0, 0.1) is 0 Å². The Hall–Kier alpha value is -1.40. The minimum atomic E-state index is -0.846. The third-order valence-electron chi connectivity index (χ3n) is 2.71. The van der Waals surface area contributed by atoms with E-state index < -0.39 is 5.97 Å². The minimum absolute atomic E-state index is 0.0161. The summed E-state index contributed by atoms with van der Waals surface area (Å²) in [5.74, 6) is -0.846. The van der Waals surface area contributed by atoms with Crippen molar-refractivity contribution < 1.29 is 9.90 Å². The highest BCUT2D eigenvalue weighted by Crippen LogP contribution is 2.30. The molecule has 0 bridgehead atoms. The van der Waals surface area contributed by atoms with Crippen LogP contribution in [0.2, 0.25) is 0 Å². The Balaban J connectivity index is 2.11. The molecule has 0 saturated heterocycles. The van der Waals surface area contributed by atoms with Crippen molar-refractivity contribution in [1.29, 1.82) is 0 Å². The quantitative estimate of drug-likeness (QED) is 0.916. The molecule has 4 nitrogen and oxygen atoms in total. The number of thiophene rings is 1. The molecular formula is C12H14N2O2S2. The summed E-state index contributed by atoms with van der Waals surface area (Å²) < 4.78 is 0. The Kier molecular flexibility index (Phi) is 3.98. The predicted molar refractivity (Wildman–Crippen MR) is 74.6 cm³/mol. The van der Waals surface area contributed by atoms with Crippen LogP contribution in [0.25, 0.3) is 0 Å². The Morgan fingerprint density at radius 1 is 1.56 bits per heavy atom. The normalized spacial score (nSPS) is 12.3. The molecule has 1 atom stereocenters. The standard InChI is InChI=1S/C12H14N2O2S2/c1-8(10-4-3-5-17-10)14(2)12-13-9(7-18-12)6-11(15)16/h3-5,7-8H,6H2,1-2H3,(H,15,16). The smallest absolute Gasteiger partial charge is 0.309 e. The average molecular weight is 282 g/mol. The summed E-state index contributed by atoms with van der Waals surface area (Å²) in [6.45, 7) is 2.12. The van der Waals surface area contributed by atoms with E-state index in [1.165, 1.54) is 16.2 Å². The number of hydrogen-bond acceptors (Lipinski definition) is 5. The lowest BCUT2D eigenvalue weighted by Crippen LogP contribution is -2.20. The fraction of sp³-hybridized carbons (Fsp3) is 0.333. The van der Waals surface area contributed by atoms with Crippen molar-refractivity contribution >= 4 is 33.8 Å². The van der Waals surface area contributed by atoms with Gasteiger partial charge in [-0.1, -0.05) is 6.07 Å². The minimum Gasteiger partial charge on any atom is -0.481 e. The number of nitrogens with zero attached hydrogens (tertiary/aromatic N) is 2. The van der Waals surface area contributed by atoms with Crippen molar-refractivity contribution in [1.82, 2.24) is 4.98 Å². The zero-order valence-corrected chi connectivity index (χ0v) is 11.8. The second kappa shape index (κ2) is 5.49. The Bertz CT molecular complexity index is 522. The molecule has 0 aromatic carbocycles. The fourth-order valence-corrected chi connectivity index (χ4v) is 3.28. The Morgan fingerprint density at radius 2 is 2.33 bits per heavy atom. The molecule has 0 saturated carbocycles. The van der Waals surface area contributed by atoms with Gasteiger partial charge in [0.2, 0.25) is 0 Å². The number of hydrogen-bond donors (Lipinski definition) is 1. The zero-order chi connectivity index (χ0) is 13.1. The second-order valence-corrected chi connectivity index (χ2v) is 5.81. The van der Waals surface area contributed by atoms with Gasteiger partial charge in [0, 0.05) is 17.3 Å². The number of carboxylic acids is 1. The van der Waals surface area contributed by atoms with Gasteiger partial charge in [-0.05, 0) is 18.4 Å². The third-order valence-corrected chi connectivity index (χ3v) is 4.73. The Labute approximate surface area is 114 Å². The van der Waals surface area contributed by atoms with Crippen LogP contribution in [0.15, 0.2) is 22.9 Å². The van der Waals surface area contributed by atoms with E-state index in [-0.39, 0.29) is 12.5 Å². The van der Waals surface area contributed by atoms with Gasteiger partial charge in [0.15, 0.2) is 5.13 Å². The maximum absolute atomic E-state index is 10.6. The Morgan fingerprint density at radius 3 is 2.94 bits per heavy atom. The van der Waals surface area contributed by atoms with Crippen LogP contribution >= 0.6 is 22.7 Å². The number of rotatable bonds is 5. The van der Waals surface area contributed by atoms with E-state index in [9.17, 15) is 4.79 Å². The lowest BCUT2D eigenvalue weighted by Gasteiger charge is -2.23. The van der Waals surface area contributed by atoms with Crippen molar-refractivity contribution in [2.45, 2.75) is 19.4 Å². The van der Waals surface area contributed by atoms with Gasteiger partial charge in [-0.2, -0.15) is 0 Å². The molecule has 2 heterocycles. The van der Waals surface area contributed by atoms with Crippen molar-refractivity contribution in [2.24, 2.45) is 0 Å². The van der Waals surface area contributed by atoms with Crippen LogP contribution in [-0.2, 0) is 11.2 Å². The van der Waals surface area contributed by atoms with Gasteiger partial charge in [0.1, 0.15) is 0 Å². The molecule has 0 aliphatic heterocycles. The molecule has 2 rings (SSSR count). The molecule has 0 radical (unpaired) electrons. The molecule has 1 unspecified atom stereocenters. The first-order valence-corrected chi connectivity index (χ1v) is 7.26. The van der Waals surface area contributed by atoms with E-state index in [1.807, 2.05) is 13.1 Å². The van der Waals surface area contributed by atoms with Gasteiger partial charge in [-0.15, -0.1) is 22.7 Å². The highest BCUT2D eigenvalue weighted by Gasteiger charge is 2.16. The summed E-state index contributed by atoms with van der Waals surface area (Å²) in [5, 5.41) is 13.4. The number of carbonyl (C=O) groups is 1. The van der Waals surface area contributed by atoms with Crippen LogP contribution in [0.3, 0.4) is 0 Å². The van der Waals surface area contributed by atoms with Gasteiger partial charge in [0.25, 0.3) is 0 Å². The molecule has 0 spiro atoms. The molecule has 18 heavy (non-hydrogen) atoms. The summed E-state index contributed by atoms with van der Waals surface area (Å²) >= 11 is 3.19. The summed E-state index contributed by atoms with van der Waals surface area (Å²) in [6, 6.07) is 4.37. The maximum Gasteiger partial charge on any atom is 0.309 e. The molecule has 6 heteroatoms. The molecular weight excluding hydrogens is 268 g/mol. The average Bonchev–Trinajstić information content (AvgIpc) is 2.96. The van der Waals surface area contributed by atoms with Crippen LogP contribution < -0.4 is 4.90 Å². The largest absolute Gasteiger partial charge is 0.481 e. The third kappa shape index (κ3) is 2.88. The van der Waals surface area contributed by atoms with Gasteiger partial charge >= 0.3 is 5.97 Å². The van der Waals surface area contributed by atoms with E-state index in [2.05, 4.69) is 28.3 Å². The van der Waals surface area contributed by atoms with Gasteiger partial charge in [0.05, 0.1) is 18.2 Å². The summed E-state index contributed by atoms with van der Waals surface area (Å²) in [6.07, 6.45) is -0.0161. The monoisotopic (exact) mass is 282 g/mol. The highest BCUT2D eigenvalue weighted by molar-refractivity contribution is 7.13. The molecule has 0 aliphatic rings. The van der Waals surface area contributed by atoms with Crippen LogP contribution in [0.1, 0.15) is 23.5 Å². The van der Waals surface area contributed by atoms with Gasteiger partial charge < -0.3 is 10.0 Å². The molecule has 0 amide bonds. The number of thiazole rings is 1. The van der Waals surface area contributed by atoms with Crippen LogP contribution in [0.4, 0.5) is 5.13 Å². The number of anilines is 1. The maximum atomic E-state index is 10.6. The number of aromatic nitrogens is 1. The molecule has 0 aliphatic carbocycles. The highest BCUT2D eigenvalue weighted by atomic mass is 32.1. The van der Waals surface area contributed by atoms with Crippen molar-refractivity contribution in [2.75, 3.05) is 11.9 Å². The van der Waals surface area contributed by atoms with E-state index >= 15 is 0 Å². The fourth-order valence-electron chi connectivity index (χ4n) is 1.58. The zero-order valence-electron chi connectivity index (χ0n) is 10.2. The van der Waals surface area contributed by atoms with Crippen LogP contribution in [0.5, 0.6) is 0 Å². The topological polar surface area (TPSA) is 53.4 Å². The summed E-state index contributed by atoms with van der Waals surface area (Å²) in [4.78, 5) is 18.3. The lowest BCUT2D eigenvalue weighted by molar-refractivity contribution is -0.136. The van der Waals surface area contributed by atoms with Gasteiger partial charge in [-0.25, -0.2) is 4.98 Å². The van der Waals surface area contributed by atoms with Crippen molar-refractivity contribution in [3.8, 4) is 0 Å². The molecule has 96 valence electrons. The number of carboxylic acid groups (broad SMARTS) is 1. The number of aliphatic carboxylic acids is 1.